The number of hydrogen-bond donors (Lipinski definition) is 1. The number of hydrogen-bond acceptors (Lipinski definition) is 5. The Bertz CT molecular complexity index is 1460. The fraction of sp³-hybridized carbons (Fsp3) is 0.346. The van der Waals surface area contributed by atoms with Crippen molar-refractivity contribution in [2.45, 2.75) is 58.8 Å². The third-order valence-electron chi connectivity index (χ3n) is 6.77. The number of benzene rings is 2. The smallest absolute Gasteiger partial charge is 0.399 e. The standard InChI is InChI=1S/C26H28BF2N3O5/c1-15(2)31-14-19(23(34)32(24(31)35)18-10-7-16(28)8-11-18)22(33)30-17-9-12-20(21(29)13-17)27-36-25(3,4)26(5,6)37-27/h7-15H,1-6H3,(H,30,33). The fourth-order valence-corrected chi connectivity index (χ4v) is 3.88. The summed E-state index contributed by atoms with van der Waals surface area (Å²) in [7, 11) is -0.924. The molecule has 11 heteroatoms. The monoisotopic (exact) mass is 511 g/mol. The van der Waals surface area contributed by atoms with Crippen molar-refractivity contribution in [1.29, 1.82) is 0 Å². The summed E-state index contributed by atoms with van der Waals surface area (Å²) in [6.45, 7) is 10.9. The van der Waals surface area contributed by atoms with Gasteiger partial charge in [-0.1, -0.05) is 6.07 Å². The van der Waals surface area contributed by atoms with Crippen LogP contribution in [0.5, 0.6) is 0 Å². The van der Waals surface area contributed by atoms with Gasteiger partial charge in [-0.15, -0.1) is 0 Å². The lowest BCUT2D eigenvalue weighted by Crippen LogP contribution is -2.42. The lowest BCUT2D eigenvalue weighted by molar-refractivity contribution is 0.00578. The Kier molecular flexibility index (Phi) is 6.72. The highest BCUT2D eigenvalue weighted by atomic mass is 19.1. The summed E-state index contributed by atoms with van der Waals surface area (Å²) in [4.78, 5) is 39.3. The highest BCUT2D eigenvalue weighted by Gasteiger charge is 2.52. The second-order valence-corrected chi connectivity index (χ2v) is 10.2. The van der Waals surface area contributed by atoms with Gasteiger partial charge in [0.1, 0.15) is 17.2 Å². The van der Waals surface area contributed by atoms with Crippen LogP contribution in [0, 0.1) is 11.6 Å². The summed E-state index contributed by atoms with van der Waals surface area (Å²) in [5, 5.41) is 2.51. The van der Waals surface area contributed by atoms with Crippen LogP contribution in [0.3, 0.4) is 0 Å². The van der Waals surface area contributed by atoms with E-state index in [1.807, 2.05) is 27.7 Å². The van der Waals surface area contributed by atoms with E-state index in [2.05, 4.69) is 5.32 Å². The van der Waals surface area contributed by atoms with Gasteiger partial charge < -0.3 is 14.6 Å². The fourth-order valence-electron chi connectivity index (χ4n) is 3.88. The van der Waals surface area contributed by atoms with E-state index in [1.165, 1.54) is 35.0 Å². The number of nitrogens with one attached hydrogen (secondary N) is 1. The summed E-state index contributed by atoms with van der Waals surface area (Å²) in [6, 6.07) is 8.40. The highest BCUT2D eigenvalue weighted by molar-refractivity contribution is 6.62. The van der Waals surface area contributed by atoms with Crippen molar-refractivity contribution in [3.05, 3.63) is 86.7 Å². The number of anilines is 1. The maximum Gasteiger partial charge on any atom is 0.497 e. The molecule has 1 aliphatic heterocycles. The molecule has 4 rings (SSSR count). The predicted octanol–water partition coefficient (Wildman–Crippen LogP) is 3.41. The molecule has 0 spiro atoms. The second-order valence-electron chi connectivity index (χ2n) is 10.2. The SMILES string of the molecule is CC(C)n1cc(C(=O)Nc2ccc(B3OC(C)(C)C(C)(C)O3)c(F)c2)c(=O)n(-c2ccc(F)cc2)c1=O. The molecule has 1 aliphatic rings. The number of nitrogens with zero attached hydrogens (tertiary/aromatic N) is 2. The molecule has 1 saturated heterocycles. The zero-order valence-electron chi connectivity index (χ0n) is 21.5. The minimum absolute atomic E-state index is 0.0952. The van der Waals surface area contributed by atoms with Gasteiger partial charge in [-0.3, -0.25) is 14.2 Å². The van der Waals surface area contributed by atoms with E-state index in [9.17, 15) is 18.8 Å². The van der Waals surface area contributed by atoms with Gasteiger partial charge in [0, 0.05) is 23.4 Å². The van der Waals surface area contributed by atoms with E-state index in [1.54, 1.807) is 13.8 Å². The van der Waals surface area contributed by atoms with Crippen LogP contribution < -0.4 is 22.0 Å². The Hall–Kier alpha value is -3.57. The lowest BCUT2D eigenvalue weighted by atomic mass is 9.78. The van der Waals surface area contributed by atoms with Crippen molar-refractivity contribution in [2.24, 2.45) is 0 Å². The molecule has 0 atom stereocenters. The third-order valence-corrected chi connectivity index (χ3v) is 6.77. The summed E-state index contributed by atoms with van der Waals surface area (Å²) in [5.74, 6) is -2.04. The van der Waals surface area contributed by atoms with Gasteiger partial charge in [0.15, 0.2) is 0 Å². The molecule has 0 unspecified atom stereocenters. The maximum absolute atomic E-state index is 15.0. The topological polar surface area (TPSA) is 91.6 Å². The molecule has 1 fully saturated rings. The van der Waals surface area contributed by atoms with Gasteiger partial charge in [-0.25, -0.2) is 18.1 Å². The molecule has 1 N–H and O–H groups in total. The van der Waals surface area contributed by atoms with Crippen LogP contribution in [-0.4, -0.2) is 33.4 Å². The van der Waals surface area contributed by atoms with Crippen LogP contribution in [-0.2, 0) is 9.31 Å². The molecule has 0 aliphatic carbocycles. The first-order valence-corrected chi connectivity index (χ1v) is 11.8. The van der Waals surface area contributed by atoms with E-state index in [0.29, 0.717) is 0 Å². The molecule has 2 heterocycles. The first-order chi connectivity index (χ1) is 17.2. The van der Waals surface area contributed by atoms with Crippen molar-refractivity contribution >= 4 is 24.2 Å². The van der Waals surface area contributed by atoms with E-state index in [-0.39, 0.29) is 28.4 Å². The molecule has 0 radical (unpaired) electrons. The molecule has 194 valence electrons. The molecule has 37 heavy (non-hydrogen) atoms. The number of aromatic nitrogens is 2. The van der Waals surface area contributed by atoms with Crippen molar-refractivity contribution < 1.29 is 22.9 Å². The van der Waals surface area contributed by atoms with Crippen LogP contribution in [0.4, 0.5) is 14.5 Å². The van der Waals surface area contributed by atoms with Crippen molar-refractivity contribution in [3.63, 3.8) is 0 Å². The quantitative estimate of drug-likeness (QED) is 0.531. The van der Waals surface area contributed by atoms with Crippen LogP contribution in [0.25, 0.3) is 5.69 Å². The maximum atomic E-state index is 15.0. The number of carbonyl (C=O) groups is 1. The first-order valence-electron chi connectivity index (χ1n) is 11.8. The van der Waals surface area contributed by atoms with Gasteiger partial charge in [0.25, 0.3) is 11.5 Å². The summed E-state index contributed by atoms with van der Waals surface area (Å²) < 4.78 is 42.3. The summed E-state index contributed by atoms with van der Waals surface area (Å²) >= 11 is 0. The molecule has 0 bridgehead atoms. The number of halogens is 2. The largest absolute Gasteiger partial charge is 0.497 e. The number of amides is 1. The van der Waals surface area contributed by atoms with E-state index in [4.69, 9.17) is 9.31 Å². The Balaban J connectivity index is 1.67. The lowest BCUT2D eigenvalue weighted by Gasteiger charge is -2.32. The van der Waals surface area contributed by atoms with Gasteiger partial charge in [-0.2, -0.15) is 0 Å². The third kappa shape index (κ3) is 4.88. The Labute approximate surface area is 213 Å². The molecular weight excluding hydrogens is 483 g/mol. The molecular formula is C26H28BF2N3O5. The molecule has 3 aromatic rings. The molecule has 8 nitrogen and oxygen atoms in total. The van der Waals surface area contributed by atoms with Gasteiger partial charge >= 0.3 is 12.8 Å². The summed E-state index contributed by atoms with van der Waals surface area (Å²) in [5.41, 5.74) is -2.84. The number of carbonyl (C=O) groups excluding carboxylic acids is 1. The molecule has 0 saturated carbocycles. The van der Waals surface area contributed by atoms with Crippen molar-refractivity contribution in [3.8, 4) is 5.69 Å². The number of rotatable bonds is 5. The predicted molar refractivity (Wildman–Crippen MR) is 137 cm³/mol. The van der Waals surface area contributed by atoms with Gasteiger partial charge in [-0.05, 0) is 77.9 Å². The van der Waals surface area contributed by atoms with E-state index in [0.717, 1.165) is 22.8 Å². The normalized spacial score (nSPS) is 16.3. The zero-order valence-corrected chi connectivity index (χ0v) is 21.5. The Morgan fingerprint density at radius 2 is 1.57 bits per heavy atom. The molecule has 1 aromatic heterocycles. The zero-order chi connectivity index (χ0) is 27.3. The minimum atomic E-state index is -0.924. The minimum Gasteiger partial charge on any atom is -0.399 e. The summed E-state index contributed by atoms with van der Waals surface area (Å²) in [6.07, 6.45) is 1.17. The van der Waals surface area contributed by atoms with Crippen LogP contribution in [0.2, 0.25) is 0 Å². The van der Waals surface area contributed by atoms with Crippen molar-refractivity contribution in [1.82, 2.24) is 9.13 Å². The Morgan fingerprint density at radius 3 is 2.11 bits per heavy atom. The highest BCUT2D eigenvalue weighted by Crippen LogP contribution is 2.36. The van der Waals surface area contributed by atoms with E-state index < -0.39 is 47.1 Å². The Morgan fingerprint density at radius 1 is 0.973 bits per heavy atom. The van der Waals surface area contributed by atoms with Crippen LogP contribution >= 0.6 is 0 Å². The molecule has 1 amide bonds. The second kappa shape index (κ2) is 9.39. The average molecular weight is 511 g/mol. The van der Waals surface area contributed by atoms with Crippen LogP contribution in [0.1, 0.15) is 57.9 Å². The van der Waals surface area contributed by atoms with Gasteiger partial charge in [0.05, 0.1) is 16.9 Å². The van der Waals surface area contributed by atoms with Crippen molar-refractivity contribution in [2.75, 3.05) is 5.32 Å². The average Bonchev–Trinajstić information content (AvgIpc) is 3.01. The molecule has 2 aromatic carbocycles. The van der Waals surface area contributed by atoms with E-state index >= 15 is 4.39 Å². The first kappa shape index (κ1) is 26.5. The van der Waals surface area contributed by atoms with Crippen LogP contribution in [0.15, 0.2) is 58.3 Å². The van der Waals surface area contributed by atoms with Gasteiger partial charge in [0.2, 0.25) is 0 Å².